The number of H-pyrrole nitrogens is 1. The van der Waals surface area contributed by atoms with Gasteiger partial charge >= 0.3 is 0 Å². The van der Waals surface area contributed by atoms with E-state index in [1.54, 1.807) is 0 Å². The van der Waals surface area contributed by atoms with E-state index in [2.05, 4.69) is 15.2 Å². The first kappa shape index (κ1) is 13.6. The van der Waals surface area contributed by atoms with E-state index in [0.29, 0.717) is 23.9 Å². The van der Waals surface area contributed by atoms with E-state index < -0.39 is 0 Å². The molecule has 0 fully saturated rings. The minimum absolute atomic E-state index is 0.187. The van der Waals surface area contributed by atoms with Gasteiger partial charge in [0.05, 0.1) is 6.61 Å². The third-order valence-corrected chi connectivity index (χ3v) is 3.11. The monoisotopic (exact) mass is 277 g/mol. The predicted molar refractivity (Wildman–Crippen MR) is 74.9 cm³/mol. The van der Waals surface area contributed by atoms with E-state index in [9.17, 15) is 4.79 Å². The van der Waals surface area contributed by atoms with Crippen molar-refractivity contribution in [2.24, 2.45) is 0 Å². The molecule has 0 saturated carbocycles. The lowest BCUT2D eigenvalue weighted by molar-refractivity contribution is 0.340. The zero-order valence-corrected chi connectivity index (χ0v) is 11.7. The van der Waals surface area contributed by atoms with E-state index in [1.807, 2.05) is 37.4 Å². The molecule has 0 radical (unpaired) electrons. The van der Waals surface area contributed by atoms with Crippen molar-refractivity contribution in [1.29, 1.82) is 0 Å². The Morgan fingerprint density at radius 3 is 2.58 bits per heavy atom. The summed E-state index contributed by atoms with van der Waals surface area (Å²) in [6.45, 7) is 2.58. The Morgan fingerprint density at radius 1 is 1.26 bits per heavy atom. The number of nitrogens with zero attached hydrogens (tertiary/aromatic N) is 2. The van der Waals surface area contributed by atoms with Crippen molar-refractivity contribution in [2.75, 3.05) is 12.9 Å². The van der Waals surface area contributed by atoms with Crippen LogP contribution in [0.5, 0.6) is 5.75 Å². The normalized spacial score (nSPS) is 10.4. The SMILES string of the molecule is CCOc1ccc(Cc2nnc(SC)[nH]c2=O)cc1. The highest BCUT2D eigenvalue weighted by Crippen LogP contribution is 2.13. The molecule has 100 valence electrons. The highest BCUT2D eigenvalue weighted by atomic mass is 32.2. The fourth-order valence-corrected chi connectivity index (χ4v) is 1.93. The highest BCUT2D eigenvalue weighted by Gasteiger charge is 2.05. The Bertz CT molecular complexity index is 596. The summed E-state index contributed by atoms with van der Waals surface area (Å²) in [5.74, 6) is 0.823. The lowest BCUT2D eigenvalue weighted by Gasteiger charge is -2.04. The first-order chi connectivity index (χ1) is 9.22. The van der Waals surface area contributed by atoms with Gasteiger partial charge in [-0.15, -0.1) is 10.2 Å². The van der Waals surface area contributed by atoms with Crippen LogP contribution in [0.1, 0.15) is 18.2 Å². The van der Waals surface area contributed by atoms with Gasteiger partial charge in [0, 0.05) is 6.42 Å². The molecule has 5 nitrogen and oxygen atoms in total. The molecular formula is C13H15N3O2S. The predicted octanol–water partition coefficient (Wildman–Crippen LogP) is 1.88. The average Bonchev–Trinajstić information content (AvgIpc) is 2.43. The molecule has 1 aromatic heterocycles. The third kappa shape index (κ3) is 3.57. The van der Waals surface area contributed by atoms with E-state index in [0.717, 1.165) is 11.3 Å². The fraction of sp³-hybridized carbons (Fsp3) is 0.308. The van der Waals surface area contributed by atoms with Gasteiger partial charge in [0.25, 0.3) is 5.56 Å². The molecule has 0 amide bonds. The van der Waals surface area contributed by atoms with Gasteiger partial charge in [0.15, 0.2) is 5.16 Å². The second-order valence-corrected chi connectivity index (χ2v) is 4.66. The van der Waals surface area contributed by atoms with E-state index >= 15 is 0 Å². The number of aromatic nitrogens is 3. The first-order valence-electron chi connectivity index (χ1n) is 5.94. The van der Waals surface area contributed by atoms with Gasteiger partial charge in [-0.05, 0) is 30.9 Å². The van der Waals surface area contributed by atoms with Crippen LogP contribution < -0.4 is 10.3 Å². The molecule has 1 heterocycles. The molecule has 2 rings (SSSR count). The zero-order chi connectivity index (χ0) is 13.7. The van der Waals surface area contributed by atoms with Crippen LogP contribution in [-0.2, 0) is 6.42 Å². The Morgan fingerprint density at radius 2 is 2.00 bits per heavy atom. The molecule has 1 N–H and O–H groups in total. The highest BCUT2D eigenvalue weighted by molar-refractivity contribution is 7.98. The number of hydrogen-bond donors (Lipinski definition) is 1. The minimum Gasteiger partial charge on any atom is -0.494 e. The Kier molecular flexibility index (Phi) is 4.57. The van der Waals surface area contributed by atoms with Gasteiger partial charge in [-0.3, -0.25) is 9.78 Å². The summed E-state index contributed by atoms with van der Waals surface area (Å²) in [6, 6.07) is 7.62. The lowest BCUT2D eigenvalue weighted by atomic mass is 10.1. The van der Waals surface area contributed by atoms with Crippen LogP contribution in [0, 0.1) is 0 Å². The van der Waals surface area contributed by atoms with Crippen molar-refractivity contribution in [3.8, 4) is 5.75 Å². The molecule has 0 bridgehead atoms. The van der Waals surface area contributed by atoms with E-state index in [-0.39, 0.29) is 5.56 Å². The maximum absolute atomic E-state index is 11.8. The summed E-state index contributed by atoms with van der Waals surface area (Å²) in [7, 11) is 0. The Labute approximate surface area is 115 Å². The smallest absolute Gasteiger partial charge is 0.273 e. The topological polar surface area (TPSA) is 67.9 Å². The molecule has 0 aliphatic rings. The van der Waals surface area contributed by atoms with Crippen molar-refractivity contribution < 1.29 is 4.74 Å². The summed E-state index contributed by atoms with van der Waals surface area (Å²) in [6.07, 6.45) is 2.30. The van der Waals surface area contributed by atoms with Crippen LogP contribution in [0.25, 0.3) is 0 Å². The van der Waals surface area contributed by atoms with Gasteiger partial charge < -0.3 is 4.74 Å². The quantitative estimate of drug-likeness (QED) is 0.845. The van der Waals surface area contributed by atoms with Gasteiger partial charge in [0.1, 0.15) is 11.4 Å². The van der Waals surface area contributed by atoms with Crippen molar-refractivity contribution in [2.45, 2.75) is 18.5 Å². The number of thioether (sulfide) groups is 1. The number of ether oxygens (including phenoxy) is 1. The summed E-state index contributed by atoms with van der Waals surface area (Å²) < 4.78 is 5.37. The van der Waals surface area contributed by atoms with Gasteiger partial charge in [-0.2, -0.15) is 0 Å². The van der Waals surface area contributed by atoms with Crippen molar-refractivity contribution >= 4 is 11.8 Å². The summed E-state index contributed by atoms with van der Waals surface area (Å²) >= 11 is 1.36. The molecule has 19 heavy (non-hydrogen) atoms. The summed E-state index contributed by atoms with van der Waals surface area (Å²) in [5.41, 5.74) is 1.23. The standard InChI is InChI=1S/C13H15N3O2S/c1-3-18-10-6-4-9(5-7-10)8-11-12(17)14-13(19-2)16-15-11/h4-7H,3,8H2,1-2H3,(H,14,16,17). The number of rotatable bonds is 5. The molecule has 2 aromatic rings. The molecule has 0 aliphatic carbocycles. The van der Waals surface area contributed by atoms with Crippen LogP contribution in [0.3, 0.4) is 0 Å². The Hall–Kier alpha value is -1.82. The van der Waals surface area contributed by atoms with Crippen molar-refractivity contribution in [3.63, 3.8) is 0 Å². The van der Waals surface area contributed by atoms with Gasteiger partial charge in [-0.25, -0.2) is 0 Å². The maximum atomic E-state index is 11.8. The molecule has 0 saturated heterocycles. The van der Waals surface area contributed by atoms with Crippen LogP contribution in [0.4, 0.5) is 0 Å². The number of hydrogen-bond acceptors (Lipinski definition) is 5. The number of nitrogens with one attached hydrogen (secondary N) is 1. The average molecular weight is 277 g/mol. The zero-order valence-electron chi connectivity index (χ0n) is 10.8. The number of aromatic amines is 1. The molecule has 0 atom stereocenters. The largest absolute Gasteiger partial charge is 0.494 e. The van der Waals surface area contributed by atoms with Crippen LogP contribution in [-0.4, -0.2) is 28.0 Å². The molecular weight excluding hydrogens is 262 g/mol. The van der Waals surface area contributed by atoms with Crippen LogP contribution in [0.2, 0.25) is 0 Å². The molecule has 0 aliphatic heterocycles. The molecule has 0 unspecified atom stereocenters. The van der Waals surface area contributed by atoms with E-state index in [1.165, 1.54) is 11.8 Å². The van der Waals surface area contributed by atoms with Crippen molar-refractivity contribution in [3.05, 3.63) is 45.9 Å². The maximum Gasteiger partial charge on any atom is 0.273 e. The number of benzene rings is 1. The van der Waals surface area contributed by atoms with Gasteiger partial charge in [-0.1, -0.05) is 23.9 Å². The molecule has 6 heteroatoms. The molecule has 1 aromatic carbocycles. The van der Waals surface area contributed by atoms with Gasteiger partial charge in [0.2, 0.25) is 0 Å². The lowest BCUT2D eigenvalue weighted by Crippen LogP contribution is -2.17. The van der Waals surface area contributed by atoms with Crippen LogP contribution in [0.15, 0.2) is 34.2 Å². The summed E-state index contributed by atoms with van der Waals surface area (Å²) in [4.78, 5) is 14.5. The fourth-order valence-electron chi connectivity index (χ4n) is 1.62. The second kappa shape index (κ2) is 6.38. The van der Waals surface area contributed by atoms with E-state index in [4.69, 9.17) is 4.74 Å². The summed E-state index contributed by atoms with van der Waals surface area (Å²) in [5, 5.41) is 8.42. The second-order valence-electron chi connectivity index (χ2n) is 3.86. The first-order valence-corrected chi connectivity index (χ1v) is 7.17. The van der Waals surface area contributed by atoms with Crippen molar-refractivity contribution in [1.82, 2.24) is 15.2 Å². The molecule has 0 spiro atoms. The minimum atomic E-state index is -0.187. The Balaban J connectivity index is 2.14. The third-order valence-electron chi connectivity index (χ3n) is 2.54. The van der Waals surface area contributed by atoms with Crippen LogP contribution >= 0.6 is 11.8 Å².